The lowest BCUT2D eigenvalue weighted by molar-refractivity contribution is 0.939. The van der Waals surface area contributed by atoms with Gasteiger partial charge in [0.2, 0.25) is 0 Å². The average molecular weight is 161 g/mol. The molecule has 0 radical (unpaired) electrons. The molecule has 0 bridgehead atoms. The quantitative estimate of drug-likeness (QED) is 0.575. The van der Waals surface area contributed by atoms with E-state index >= 15 is 0 Å². The molecule has 1 aromatic rings. The summed E-state index contributed by atoms with van der Waals surface area (Å²) in [6.45, 7) is 2.09. The minimum Gasteiger partial charge on any atom is -0.346 e. The van der Waals surface area contributed by atoms with Gasteiger partial charge in [-0.3, -0.25) is 0 Å². The summed E-state index contributed by atoms with van der Waals surface area (Å²) >= 11 is 0. The summed E-state index contributed by atoms with van der Waals surface area (Å²) in [6.07, 6.45) is 6.56. The number of fused-ring (bicyclic) bond motifs is 1. The van der Waals surface area contributed by atoms with Gasteiger partial charge in [0.25, 0.3) is 0 Å². The van der Waals surface area contributed by atoms with Crippen LogP contribution in [0.5, 0.6) is 0 Å². The molecule has 0 saturated carbocycles. The first-order valence-electron chi connectivity index (χ1n) is 3.98. The average Bonchev–Trinajstić information content (AvgIpc) is 2.12. The van der Waals surface area contributed by atoms with Crippen LogP contribution in [-0.2, 0) is 6.42 Å². The zero-order chi connectivity index (χ0) is 8.55. The molecule has 1 aliphatic heterocycles. The Balaban J connectivity index is 2.49. The van der Waals surface area contributed by atoms with E-state index in [0.29, 0.717) is 0 Å². The van der Waals surface area contributed by atoms with Gasteiger partial charge in [-0.05, 0) is 6.92 Å². The van der Waals surface area contributed by atoms with E-state index in [0.717, 1.165) is 17.8 Å². The molecule has 3 nitrogen and oxygen atoms in total. The standard InChI is InChI=1S/C9H11N3/c1-7-3-4-8-9(12(7)2)5-10-6-11-8/h3,5-6H,4H2,1-2H3. The van der Waals surface area contributed by atoms with Crippen LogP contribution in [0.15, 0.2) is 24.3 Å². The molecule has 2 rings (SSSR count). The SMILES string of the molecule is CC1=CCc2ncncc2N1C. The van der Waals surface area contributed by atoms with Gasteiger partial charge in [-0.25, -0.2) is 9.97 Å². The molecule has 3 heteroatoms. The highest BCUT2D eigenvalue weighted by Crippen LogP contribution is 2.24. The van der Waals surface area contributed by atoms with Crippen molar-refractivity contribution in [1.29, 1.82) is 0 Å². The van der Waals surface area contributed by atoms with Gasteiger partial charge in [-0.1, -0.05) is 6.08 Å². The van der Waals surface area contributed by atoms with Crippen molar-refractivity contribution in [3.63, 3.8) is 0 Å². The van der Waals surface area contributed by atoms with Gasteiger partial charge in [0.05, 0.1) is 17.6 Å². The summed E-state index contributed by atoms with van der Waals surface area (Å²) in [5.41, 5.74) is 3.49. The number of hydrogen-bond donors (Lipinski definition) is 0. The summed E-state index contributed by atoms with van der Waals surface area (Å²) in [5, 5.41) is 0. The third-order valence-corrected chi connectivity index (χ3v) is 2.25. The van der Waals surface area contributed by atoms with Crippen molar-refractivity contribution < 1.29 is 0 Å². The van der Waals surface area contributed by atoms with Crippen molar-refractivity contribution in [2.45, 2.75) is 13.3 Å². The van der Waals surface area contributed by atoms with E-state index in [9.17, 15) is 0 Å². The predicted molar refractivity (Wildman–Crippen MR) is 47.9 cm³/mol. The van der Waals surface area contributed by atoms with Crippen molar-refractivity contribution in [3.8, 4) is 0 Å². The molecule has 0 saturated heterocycles. The Labute approximate surface area is 71.8 Å². The van der Waals surface area contributed by atoms with Gasteiger partial charge in [-0.15, -0.1) is 0 Å². The van der Waals surface area contributed by atoms with Crippen molar-refractivity contribution in [2.24, 2.45) is 0 Å². The summed E-state index contributed by atoms with van der Waals surface area (Å²) in [6, 6.07) is 0. The van der Waals surface area contributed by atoms with E-state index in [2.05, 4.69) is 27.9 Å². The Morgan fingerprint density at radius 3 is 3.17 bits per heavy atom. The lowest BCUT2D eigenvalue weighted by Crippen LogP contribution is -2.20. The number of rotatable bonds is 0. The number of hydrogen-bond acceptors (Lipinski definition) is 3. The lowest BCUT2D eigenvalue weighted by atomic mass is 10.1. The minimum absolute atomic E-state index is 0.925. The lowest BCUT2D eigenvalue weighted by Gasteiger charge is -2.25. The van der Waals surface area contributed by atoms with Crippen LogP contribution in [0.2, 0.25) is 0 Å². The van der Waals surface area contributed by atoms with Gasteiger partial charge in [-0.2, -0.15) is 0 Å². The summed E-state index contributed by atoms with van der Waals surface area (Å²) in [4.78, 5) is 10.3. The van der Waals surface area contributed by atoms with E-state index in [1.54, 1.807) is 6.33 Å². The minimum atomic E-state index is 0.925. The van der Waals surface area contributed by atoms with E-state index < -0.39 is 0 Å². The Morgan fingerprint density at radius 1 is 1.50 bits per heavy atom. The zero-order valence-corrected chi connectivity index (χ0v) is 7.28. The zero-order valence-electron chi connectivity index (χ0n) is 7.28. The maximum atomic E-state index is 4.21. The van der Waals surface area contributed by atoms with Gasteiger partial charge >= 0.3 is 0 Å². The molecule has 0 N–H and O–H groups in total. The van der Waals surface area contributed by atoms with Crippen molar-refractivity contribution in [1.82, 2.24) is 9.97 Å². The fourth-order valence-electron chi connectivity index (χ4n) is 1.36. The van der Waals surface area contributed by atoms with Crippen molar-refractivity contribution in [3.05, 3.63) is 30.0 Å². The van der Waals surface area contributed by atoms with Crippen LogP contribution in [0.4, 0.5) is 5.69 Å². The molecular weight excluding hydrogens is 150 g/mol. The number of allylic oxidation sites excluding steroid dienone is 2. The number of aromatic nitrogens is 2. The normalized spacial score (nSPS) is 15.5. The van der Waals surface area contributed by atoms with Crippen LogP contribution >= 0.6 is 0 Å². The largest absolute Gasteiger partial charge is 0.346 e. The monoisotopic (exact) mass is 161 g/mol. The Hall–Kier alpha value is -1.38. The van der Waals surface area contributed by atoms with Crippen molar-refractivity contribution in [2.75, 3.05) is 11.9 Å². The third-order valence-electron chi connectivity index (χ3n) is 2.25. The molecule has 1 aliphatic rings. The second kappa shape index (κ2) is 2.59. The Kier molecular flexibility index (Phi) is 1.57. The molecule has 0 atom stereocenters. The first-order chi connectivity index (χ1) is 5.79. The smallest absolute Gasteiger partial charge is 0.115 e. The molecule has 0 unspecified atom stereocenters. The van der Waals surface area contributed by atoms with Gasteiger partial charge in [0.15, 0.2) is 0 Å². The summed E-state index contributed by atoms with van der Waals surface area (Å²) in [5.74, 6) is 0. The van der Waals surface area contributed by atoms with E-state index in [4.69, 9.17) is 0 Å². The highest BCUT2D eigenvalue weighted by atomic mass is 15.1. The fraction of sp³-hybridized carbons (Fsp3) is 0.333. The molecule has 62 valence electrons. The van der Waals surface area contributed by atoms with Crippen molar-refractivity contribution >= 4 is 5.69 Å². The molecular formula is C9H11N3. The van der Waals surface area contributed by atoms with Crippen LogP contribution in [0, 0.1) is 0 Å². The maximum absolute atomic E-state index is 4.21. The van der Waals surface area contributed by atoms with Gasteiger partial charge in [0.1, 0.15) is 6.33 Å². The summed E-state index contributed by atoms with van der Waals surface area (Å²) in [7, 11) is 2.03. The van der Waals surface area contributed by atoms with Gasteiger partial charge in [0, 0.05) is 19.2 Å². The Morgan fingerprint density at radius 2 is 2.33 bits per heavy atom. The van der Waals surface area contributed by atoms with E-state index in [1.165, 1.54) is 5.70 Å². The number of nitrogens with zero attached hydrogens (tertiary/aromatic N) is 3. The van der Waals surface area contributed by atoms with E-state index in [1.807, 2.05) is 13.2 Å². The molecule has 0 aliphatic carbocycles. The topological polar surface area (TPSA) is 29.0 Å². The van der Waals surface area contributed by atoms with E-state index in [-0.39, 0.29) is 0 Å². The predicted octanol–water partition coefficient (Wildman–Crippen LogP) is 1.37. The molecule has 1 aromatic heterocycles. The molecule has 0 fully saturated rings. The van der Waals surface area contributed by atoms with Crippen LogP contribution in [0.25, 0.3) is 0 Å². The third kappa shape index (κ3) is 0.978. The molecule has 0 aromatic carbocycles. The van der Waals surface area contributed by atoms with Crippen LogP contribution < -0.4 is 4.90 Å². The summed E-state index contributed by atoms with van der Waals surface area (Å²) < 4.78 is 0. The number of anilines is 1. The maximum Gasteiger partial charge on any atom is 0.115 e. The fourth-order valence-corrected chi connectivity index (χ4v) is 1.36. The van der Waals surface area contributed by atoms with Crippen LogP contribution in [0.1, 0.15) is 12.6 Å². The van der Waals surface area contributed by atoms with Gasteiger partial charge < -0.3 is 4.90 Å². The molecule has 2 heterocycles. The highest BCUT2D eigenvalue weighted by molar-refractivity contribution is 5.56. The van der Waals surface area contributed by atoms with Crippen LogP contribution in [0.3, 0.4) is 0 Å². The first-order valence-corrected chi connectivity index (χ1v) is 3.98. The molecule has 0 spiro atoms. The second-order valence-electron chi connectivity index (χ2n) is 2.96. The van der Waals surface area contributed by atoms with Crippen LogP contribution in [-0.4, -0.2) is 17.0 Å². The second-order valence-corrected chi connectivity index (χ2v) is 2.96. The molecule has 12 heavy (non-hydrogen) atoms. The first kappa shape index (κ1) is 7.28. The highest BCUT2D eigenvalue weighted by Gasteiger charge is 2.13. The Bertz CT molecular complexity index is 330. The molecule has 0 amide bonds.